The van der Waals surface area contributed by atoms with Gasteiger partial charge in [0.1, 0.15) is 11.6 Å². The van der Waals surface area contributed by atoms with Crippen LogP contribution >= 0.6 is 0 Å². The third-order valence-corrected chi connectivity index (χ3v) is 5.76. The number of ether oxygens (including phenoxy) is 1. The molecule has 4 aromatic rings. The summed E-state index contributed by atoms with van der Waals surface area (Å²) in [5.41, 5.74) is 3.19. The summed E-state index contributed by atoms with van der Waals surface area (Å²) >= 11 is 0. The van der Waals surface area contributed by atoms with Gasteiger partial charge in [-0.05, 0) is 49.7 Å². The molecule has 2 amide bonds. The summed E-state index contributed by atoms with van der Waals surface area (Å²) in [6, 6.07) is 21.9. The molecule has 3 aromatic carbocycles. The molecule has 8 heteroatoms. The summed E-state index contributed by atoms with van der Waals surface area (Å²) in [6.07, 6.45) is 0. The van der Waals surface area contributed by atoms with Gasteiger partial charge < -0.3 is 14.6 Å². The molecular weight excluding hydrogens is 447 g/mol. The van der Waals surface area contributed by atoms with Crippen molar-refractivity contribution in [3.63, 3.8) is 0 Å². The number of nitrogens with zero attached hydrogens (tertiary/aromatic N) is 3. The van der Waals surface area contributed by atoms with Crippen molar-refractivity contribution in [2.45, 2.75) is 19.9 Å². The summed E-state index contributed by atoms with van der Waals surface area (Å²) in [4.78, 5) is 19.3. The molecule has 2 heterocycles. The van der Waals surface area contributed by atoms with Crippen LogP contribution in [0.25, 0.3) is 17.0 Å². The maximum Gasteiger partial charge on any atom is 0.327 e. The topological polar surface area (TPSA) is 80.5 Å². The molecule has 1 aliphatic rings. The summed E-state index contributed by atoms with van der Waals surface area (Å²) in [5.74, 6) is 0.982. The van der Waals surface area contributed by atoms with Crippen LogP contribution in [0.15, 0.2) is 89.1 Å². The van der Waals surface area contributed by atoms with E-state index < -0.39 is 17.9 Å². The molecule has 5 rings (SSSR count). The Balaban J connectivity index is 1.63. The zero-order valence-corrected chi connectivity index (χ0v) is 19.2. The molecule has 35 heavy (non-hydrogen) atoms. The number of allylic oxidation sites excluding steroid dienone is 1. The molecule has 0 fully saturated rings. The lowest BCUT2D eigenvalue weighted by Gasteiger charge is -2.35. The minimum absolute atomic E-state index is 0.265. The van der Waals surface area contributed by atoms with E-state index in [-0.39, 0.29) is 5.89 Å². The Morgan fingerprint density at radius 2 is 1.83 bits per heavy atom. The van der Waals surface area contributed by atoms with Gasteiger partial charge in [0.15, 0.2) is 0 Å². The van der Waals surface area contributed by atoms with Gasteiger partial charge in [-0.15, -0.1) is 0 Å². The van der Waals surface area contributed by atoms with Crippen LogP contribution in [-0.4, -0.2) is 22.8 Å². The normalized spacial score (nSPS) is 15.8. The third kappa shape index (κ3) is 4.38. The number of anilines is 1. The van der Waals surface area contributed by atoms with Crippen LogP contribution in [0.1, 0.15) is 31.3 Å². The quantitative estimate of drug-likeness (QED) is 0.375. The van der Waals surface area contributed by atoms with Crippen molar-refractivity contribution < 1.29 is 18.4 Å². The van der Waals surface area contributed by atoms with E-state index in [1.54, 1.807) is 19.1 Å². The van der Waals surface area contributed by atoms with Crippen molar-refractivity contribution in [2.24, 2.45) is 0 Å². The third-order valence-electron chi connectivity index (χ3n) is 5.76. The Labute approximate surface area is 201 Å². The zero-order chi connectivity index (χ0) is 24.4. The second-order valence-electron chi connectivity index (χ2n) is 7.99. The number of hydrogen-bond acceptors (Lipinski definition) is 5. The van der Waals surface area contributed by atoms with Crippen molar-refractivity contribution in [3.8, 4) is 17.1 Å². The maximum atomic E-state index is 14.0. The monoisotopic (exact) mass is 470 g/mol. The average Bonchev–Trinajstić information content (AvgIpc) is 3.35. The fourth-order valence-corrected chi connectivity index (χ4v) is 4.16. The van der Waals surface area contributed by atoms with Gasteiger partial charge in [-0.1, -0.05) is 53.7 Å². The number of nitrogens with one attached hydrogen (secondary N) is 1. The first-order valence-corrected chi connectivity index (χ1v) is 11.2. The maximum absolute atomic E-state index is 14.0. The van der Waals surface area contributed by atoms with E-state index in [9.17, 15) is 9.18 Å². The number of hydrogen-bond donors (Lipinski definition) is 1. The van der Waals surface area contributed by atoms with E-state index in [2.05, 4.69) is 15.5 Å². The Bertz CT molecular complexity index is 1380. The molecule has 0 radical (unpaired) electrons. The molecule has 0 spiro atoms. The predicted molar refractivity (Wildman–Crippen MR) is 130 cm³/mol. The number of carbonyl (C=O) groups is 1. The van der Waals surface area contributed by atoms with Gasteiger partial charge >= 0.3 is 6.03 Å². The van der Waals surface area contributed by atoms with E-state index >= 15 is 0 Å². The molecule has 0 saturated carbocycles. The molecule has 176 valence electrons. The molecule has 1 aliphatic heterocycles. The van der Waals surface area contributed by atoms with Gasteiger partial charge in [0.05, 0.1) is 23.9 Å². The van der Waals surface area contributed by atoms with Crippen molar-refractivity contribution in [1.82, 2.24) is 15.5 Å². The molecule has 1 N–H and O–H groups in total. The average molecular weight is 471 g/mol. The van der Waals surface area contributed by atoms with E-state index in [4.69, 9.17) is 9.26 Å². The van der Waals surface area contributed by atoms with E-state index in [1.807, 2.05) is 61.5 Å². The number of rotatable bonds is 6. The molecule has 7 nitrogen and oxygen atoms in total. The highest BCUT2D eigenvalue weighted by molar-refractivity contribution is 6.01. The molecule has 0 bridgehead atoms. The largest absolute Gasteiger partial charge is 0.494 e. The highest BCUT2D eigenvalue weighted by Crippen LogP contribution is 2.39. The lowest BCUT2D eigenvalue weighted by Crippen LogP contribution is -2.46. The Morgan fingerprint density at radius 3 is 2.54 bits per heavy atom. The van der Waals surface area contributed by atoms with E-state index in [0.29, 0.717) is 29.4 Å². The molecule has 1 aromatic heterocycles. The van der Waals surface area contributed by atoms with Crippen LogP contribution in [-0.2, 0) is 0 Å². The zero-order valence-electron chi connectivity index (χ0n) is 19.2. The minimum atomic E-state index is -0.563. The highest BCUT2D eigenvalue weighted by Gasteiger charge is 2.36. The first-order chi connectivity index (χ1) is 17.0. The van der Waals surface area contributed by atoms with Crippen LogP contribution in [0.5, 0.6) is 5.75 Å². The second kappa shape index (κ2) is 9.42. The molecule has 1 atom stereocenters. The highest BCUT2D eigenvalue weighted by atomic mass is 19.1. The Morgan fingerprint density at radius 1 is 1.06 bits per heavy atom. The number of carbonyl (C=O) groups excluding carboxylic acids is 1. The summed E-state index contributed by atoms with van der Waals surface area (Å²) in [5, 5.41) is 7.18. The first kappa shape index (κ1) is 22.3. The minimum Gasteiger partial charge on any atom is -0.494 e. The van der Waals surface area contributed by atoms with Crippen molar-refractivity contribution in [2.75, 3.05) is 11.5 Å². The number of benzene rings is 3. The van der Waals surface area contributed by atoms with Gasteiger partial charge in [-0.25, -0.2) is 9.18 Å². The van der Waals surface area contributed by atoms with Crippen LogP contribution in [0.4, 0.5) is 14.9 Å². The number of aromatic nitrogens is 2. The number of halogens is 1. The van der Waals surface area contributed by atoms with E-state index in [0.717, 1.165) is 16.9 Å². The Kier molecular flexibility index (Phi) is 6.01. The van der Waals surface area contributed by atoms with Crippen molar-refractivity contribution >= 4 is 17.3 Å². The lowest BCUT2D eigenvalue weighted by molar-refractivity contribution is 0.244. The van der Waals surface area contributed by atoms with E-state index in [1.165, 1.54) is 17.0 Å². The van der Waals surface area contributed by atoms with Crippen LogP contribution < -0.4 is 15.0 Å². The molecule has 0 saturated heterocycles. The van der Waals surface area contributed by atoms with Gasteiger partial charge in [0.25, 0.3) is 5.89 Å². The number of urea groups is 1. The van der Waals surface area contributed by atoms with Gasteiger partial charge in [-0.2, -0.15) is 4.98 Å². The van der Waals surface area contributed by atoms with Crippen molar-refractivity contribution in [1.29, 1.82) is 0 Å². The van der Waals surface area contributed by atoms with Gasteiger partial charge in [-0.3, -0.25) is 4.90 Å². The molecule has 1 unspecified atom stereocenters. The smallest absolute Gasteiger partial charge is 0.327 e. The standard InChI is InChI=1S/C27H23FN4O3/c1-3-34-22-14-12-18(13-15-22)24-23(26-30-25(31-35-26)19-8-5-4-6-9-19)17(2)32(27(33)29-24)21-11-7-10-20(28)16-21/h4-16,24H,3H2,1-2H3,(H,29,33). The first-order valence-electron chi connectivity index (χ1n) is 11.2. The van der Waals surface area contributed by atoms with Crippen LogP contribution in [0, 0.1) is 5.82 Å². The lowest BCUT2D eigenvalue weighted by atomic mass is 9.94. The fourth-order valence-electron chi connectivity index (χ4n) is 4.16. The Hall–Kier alpha value is -4.46. The summed E-state index contributed by atoms with van der Waals surface area (Å²) in [7, 11) is 0. The van der Waals surface area contributed by atoms with Crippen LogP contribution in [0.2, 0.25) is 0 Å². The molecular formula is C27H23FN4O3. The van der Waals surface area contributed by atoms with Crippen LogP contribution in [0.3, 0.4) is 0 Å². The van der Waals surface area contributed by atoms with Crippen molar-refractivity contribution in [3.05, 3.63) is 102 Å². The summed E-state index contributed by atoms with van der Waals surface area (Å²) in [6.45, 7) is 4.25. The SMILES string of the molecule is CCOc1ccc(C2NC(=O)N(c3cccc(F)c3)C(C)=C2c2nc(-c3ccccc3)no2)cc1. The second-order valence-corrected chi connectivity index (χ2v) is 7.99. The number of amides is 2. The molecule has 0 aliphatic carbocycles. The van der Waals surface area contributed by atoms with Gasteiger partial charge in [0.2, 0.25) is 5.82 Å². The summed E-state index contributed by atoms with van der Waals surface area (Å²) < 4.78 is 25.2. The van der Waals surface area contributed by atoms with Gasteiger partial charge in [0, 0.05) is 11.3 Å². The fraction of sp³-hybridized carbons (Fsp3) is 0.148. The predicted octanol–water partition coefficient (Wildman–Crippen LogP) is 5.98.